The van der Waals surface area contributed by atoms with Gasteiger partial charge in [0.25, 0.3) is 19.7 Å². The highest BCUT2D eigenvalue weighted by Gasteiger charge is 2.35. The molecule has 0 aromatic heterocycles. The molecule has 0 N–H and O–H groups in total. The summed E-state index contributed by atoms with van der Waals surface area (Å²) in [5.41, 5.74) is -0.132. The van der Waals surface area contributed by atoms with Gasteiger partial charge in [-0.25, -0.2) is 17.2 Å². The summed E-state index contributed by atoms with van der Waals surface area (Å²) in [6.45, 7) is 3.52. The van der Waals surface area contributed by atoms with Crippen molar-refractivity contribution >= 4 is 68.0 Å². The van der Waals surface area contributed by atoms with Crippen LogP contribution in [0.15, 0.2) is 71.6 Å². The number of amides is 1. The standard InChI is InChI=1S/C26H24Cl4F2N2O4S/c1-3-33(25(35)26(28,29)30)14-15-38-24-7-5-4-6-21(24)17(2)34(23-16-19(31)10-13-22(23)32)39(36,37)20-11-8-18(27)9-12-20/h4-13,16-17H,3,14-15H2,1-2H3. The van der Waals surface area contributed by atoms with E-state index in [-0.39, 0.29) is 30.3 Å². The lowest BCUT2D eigenvalue weighted by atomic mass is 10.1. The van der Waals surface area contributed by atoms with Crippen molar-refractivity contribution in [3.8, 4) is 5.75 Å². The highest BCUT2D eigenvalue weighted by atomic mass is 35.6. The SMILES string of the molecule is CCN(CCOc1ccccc1C(C)N(c1cc(F)ccc1F)S(=O)(=O)c1ccc(Cl)cc1)C(=O)C(Cl)(Cl)Cl. The van der Waals surface area contributed by atoms with Crippen molar-refractivity contribution in [2.75, 3.05) is 24.0 Å². The van der Waals surface area contributed by atoms with Crippen LogP contribution in [0.4, 0.5) is 14.5 Å². The van der Waals surface area contributed by atoms with Gasteiger partial charge in [-0.05, 0) is 56.3 Å². The number of hydrogen-bond donors (Lipinski definition) is 0. The Labute approximate surface area is 246 Å². The number of para-hydroxylation sites is 1. The van der Waals surface area contributed by atoms with Gasteiger partial charge in [-0.3, -0.25) is 9.10 Å². The van der Waals surface area contributed by atoms with E-state index in [9.17, 15) is 17.6 Å². The third-order valence-corrected chi connectivity index (χ3v) is 8.40. The summed E-state index contributed by atoms with van der Waals surface area (Å²) in [6, 6.07) is 13.3. The summed E-state index contributed by atoms with van der Waals surface area (Å²) >= 11 is 23.1. The Hall–Kier alpha value is -2.30. The van der Waals surface area contributed by atoms with Crippen LogP contribution in [0.2, 0.25) is 5.02 Å². The van der Waals surface area contributed by atoms with Gasteiger partial charge < -0.3 is 9.64 Å². The lowest BCUT2D eigenvalue weighted by Gasteiger charge is -2.32. The average Bonchev–Trinajstić information content (AvgIpc) is 2.88. The van der Waals surface area contributed by atoms with Crippen molar-refractivity contribution in [1.29, 1.82) is 0 Å². The Bertz CT molecular complexity index is 1420. The van der Waals surface area contributed by atoms with Crippen molar-refractivity contribution in [3.63, 3.8) is 0 Å². The van der Waals surface area contributed by atoms with Gasteiger partial charge in [0.05, 0.1) is 23.2 Å². The van der Waals surface area contributed by atoms with Gasteiger partial charge in [-0.15, -0.1) is 0 Å². The van der Waals surface area contributed by atoms with Crippen molar-refractivity contribution < 1.29 is 26.7 Å². The van der Waals surface area contributed by atoms with E-state index in [1.807, 2.05) is 0 Å². The van der Waals surface area contributed by atoms with Gasteiger partial charge in [-0.1, -0.05) is 64.6 Å². The van der Waals surface area contributed by atoms with E-state index in [2.05, 4.69) is 0 Å². The molecule has 0 saturated carbocycles. The number of likely N-dealkylation sites (N-methyl/N-ethyl adjacent to an activating group) is 1. The fraction of sp³-hybridized carbons (Fsp3) is 0.269. The third kappa shape index (κ3) is 7.46. The number of alkyl halides is 3. The van der Waals surface area contributed by atoms with Crippen LogP contribution in [0.25, 0.3) is 0 Å². The number of carbonyl (C=O) groups is 1. The number of benzene rings is 3. The summed E-state index contributed by atoms with van der Waals surface area (Å²) < 4.78 is 61.4. The number of anilines is 1. The highest BCUT2D eigenvalue weighted by Crippen LogP contribution is 2.38. The van der Waals surface area contributed by atoms with E-state index in [0.717, 1.165) is 22.5 Å². The Morgan fingerprint density at radius 2 is 1.67 bits per heavy atom. The van der Waals surface area contributed by atoms with Crippen LogP contribution in [-0.4, -0.2) is 42.7 Å². The molecule has 210 valence electrons. The number of rotatable bonds is 10. The van der Waals surface area contributed by atoms with Gasteiger partial charge >= 0.3 is 0 Å². The van der Waals surface area contributed by atoms with Crippen LogP contribution in [0, 0.1) is 11.6 Å². The molecule has 0 spiro atoms. The van der Waals surface area contributed by atoms with Crippen LogP contribution in [-0.2, 0) is 14.8 Å². The lowest BCUT2D eigenvalue weighted by Crippen LogP contribution is -2.41. The van der Waals surface area contributed by atoms with Crippen molar-refractivity contribution in [1.82, 2.24) is 4.90 Å². The highest BCUT2D eigenvalue weighted by molar-refractivity contribution is 7.92. The molecule has 1 unspecified atom stereocenters. The molecule has 0 aliphatic rings. The molecule has 3 aromatic carbocycles. The molecule has 0 bridgehead atoms. The molecule has 0 heterocycles. The lowest BCUT2D eigenvalue weighted by molar-refractivity contribution is -0.130. The molecule has 0 saturated heterocycles. The fourth-order valence-electron chi connectivity index (χ4n) is 3.85. The first kappa shape index (κ1) is 31.2. The van der Waals surface area contributed by atoms with Crippen LogP contribution in [0.5, 0.6) is 5.75 Å². The Balaban J connectivity index is 2.00. The quantitative estimate of drug-likeness (QED) is 0.221. The number of halogens is 6. The van der Waals surface area contributed by atoms with Crippen molar-refractivity contribution in [3.05, 3.63) is 89.0 Å². The summed E-state index contributed by atoms with van der Waals surface area (Å²) in [5, 5.41) is 0.304. The molecule has 0 aliphatic heterocycles. The first-order valence-electron chi connectivity index (χ1n) is 11.6. The monoisotopic (exact) mass is 638 g/mol. The van der Waals surface area contributed by atoms with E-state index in [4.69, 9.17) is 51.1 Å². The summed E-state index contributed by atoms with van der Waals surface area (Å²) in [6.07, 6.45) is 0. The van der Waals surface area contributed by atoms with Gasteiger partial charge in [0, 0.05) is 23.2 Å². The smallest absolute Gasteiger partial charge is 0.274 e. The Morgan fingerprint density at radius 3 is 2.28 bits per heavy atom. The number of nitrogens with zero attached hydrogens (tertiary/aromatic N) is 2. The zero-order chi connectivity index (χ0) is 29.0. The molecular formula is C26H24Cl4F2N2O4S. The third-order valence-electron chi connectivity index (χ3n) is 5.77. The molecule has 1 amide bonds. The van der Waals surface area contributed by atoms with Crippen LogP contribution >= 0.6 is 46.4 Å². The van der Waals surface area contributed by atoms with Crippen LogP contribution < -0.4 is 9.04 Å². The number of hydrogen-bond acceptors (Lipinski definition) is 4. The molecule has 13 heteroatoms. The minimum Gasteiger partial charge on any atom is -0.491 e. The maximum atomic E-state index is 15.0. The molecule has 3 aromatic rings. The van der Waals surface area contributed by atoms with Gasteiger partial charge in [0.1, 0.15) is 24.0 Å². The first-order valence-corrected chi connectivity index (χ1v) is 14.6. The van der Waals surface area contributed by atoms with E-state index < -0.39 is 43.1 Å². The zero-order valence-electron chi connectivity index (χ0n) is 20.8. The molecule has 3 rings (SSSR count). The van der Waals surface area contributed by atoms with Crippen molar-refractivity contribution in [2.24, 2.45) is 0 Å². The summed E-state index contributed by atoms with van der Waals surface area (Å²) in [5.74, 6) is -2.22. The second-order valence-corrected chi connectivity index (χ2v) is 12.8. The van der Waals surface area contributed by atoms with Crippen LogP contribution in [0.1, 0.15) is 25.5 Å². The second kappa shape index (κ2) is 12.9. The molecule has 6 nitrogen and oxygen atoms in total. The van der Waals surface area contributed by atoms with E-state index >= 15 is 4.39 Å². The fourth-order valence-corrected chi connectivity index (χ4v) is 5.97. The van der Waals surface area contributed by atoms with Gasteiger partial charge in [0.2, 0.25) is 0 Å². The molecule has 0 radical (unpaired) electrons. The summed E-state index contributed by atoms with van der Waals surface area (Å²) in [4.78, 5) is 13.4. The Morgan fingerprint density at radius 1 is 1.03 bits per heavy atom. The zero-order valence-corrected chi connectivity index (χ0v) is 24.6. The molecule has 0 aliphatic carbocycles. The molecular weight excluding hydrogens is 616 g/mol. The van der Waals surface area contributed by atoms with Gasteiger partial charge in [-0.2, -0.15) is 0 Å². The number of sulfonamides is 1. The maximum Gasteiger partial charge on any atom is 0.274 e. The van der Waals surface area contributed by atoms with E-state index in [0.29, 0.717) is 10.6 Å². The van der Waals surface area contributed by atoms with E-state index in [1.165, 1.54) is 36.1 Å². The first-order chi connectivity index (χ1) is 18.3. The average molecular weight is 640 g/mol. The molecule has 1 atom stereocenters. The Kier molecular flexibility index (Phi) is 10.3. The molecule has 39 heavy (non-hydrogen) atoms. The maximum absolute atomic E-state index is 15.0. The minimum absolute atomic E-state index is 0.0255. The molecule has 0 fully saturated rings. The van der Waals surface area contributed by atoms with Crippen molar-refractivity contribution in [2.45, 2.75) is 28.6 Å². The predicted octanol–water partition coefficient (Wildman–Crippen LogP) is 7.17. The van der Waals surface area contributed by atoms with Crippen LogP contribution in [0.3, 0.4) is 0 Å². The number of ether oxygens (including phenoxy) is 1. The van der Waals surface area contributed by atoms with Gasteiger partial charge in [0.15, 0.2) is 0 Å². The summed E-state index contributed by atoms with van der Waals surface area (Å²) in [7, 11) is -4.42. The topological polar surface area (TPSA) is 66.9 Å². The predicted molar refractivity (Wildman–Crippen MR) is 150 cm³/mol. The minimum atomic E-state index is -4.42. The largest absolute Gasteiger partial charge is 0.491 e. The second-order valence-electron chi connectivity index (χ2n) is 8.30. The van der Waals surface area contributed by atoms with E-state index in [1.54, 1.807) is 31.2 Å². The normalized spacial score (nSPS) is 12.6. The number of carbonyl (C=O) groups excluding carboxylic acids is 1.